The smallest absolute Gasteiger partial charge is 0.408 e. The third-order valence-electron chi connectivity index (χ3n) is 2.60. The Morgan fingerprint density at radius 3 is 2.56 bits per heavy atom. The first-order valence-corrected chi connectivity index (χ1v) is 6.44. The lowest BCUT2D eigenvalue weighted by molar-refractivity contribution is -0.282. The zero-order valence-electron chi connectivity index (χ0n) is 12.2. The van der Waals surface area contributed by atoms with Crippen LogP contribution >= 0.6 is 0 Å². The van der Waals surface area contributed by atoms with Crippen molar-refractivity contribution in [3.05, 3.63) is 0 Å². The first-order chi connectivity index (χ1) is 8.13. The van der Waals surface area contributed by atoms with E-state index in [9.17, 15) is 4.79 Å². The van der Waals surface area contributed by atoms with E-state index in [2.05, 4.69) is 5.32 Å². The van der Waals surface area contributed by atoms with E-state index < -0.39 is 17.5 Å². The minimum absolute atomic E-state index is 0.0544. The van der Waals surface area contributed by atoms with Gasteiger partial charge in [-0.25, -0.2) is 4.79 Å². The highest BCUT2D eigenvalue weighted by Gasteiger charge is 2.36. The van der Waals surface area contributed by atoms with Gasteiger partial charge in [0, 0.05) is 0 Å². The summed E-state index contributed by atoms with van der Waals surface area (Å²) >= 11 is 0. The minimum atomic E-state index is -0.590. The van der Waals surface area contributed by atoms with E-state index in [1.165, 1.54) is 0 Å². The molecule has 0 aromatic heterocycles. The average Bonchev–Trinajstić information content (AvgIpc) is 2.17. The molecule has 18 heavy (non-hydrogen) atoms. The van der Waals surface area contributed by atoms with Crippen molar-refractivity contribution in [1.29, 1.82) is 0 Å². The Balaban J connectivity index is 2.54. The zero-order valence-corrected chi connectivity index (χ0v) is 12.2. The molecule has 1 N–H and O–H groups in total. The summed E-state index contributed by atoms with van der Waals surface area (Å²) in [6, 6.07) is -0.169. The van der Waals surface area contributed by atoms with Gasteiger partial charge in [0.05, 0.1) is 18.8 Å². The summed E-state index contributed by atoms with van der Waals surface area (Å²) in [5.41, 5.74) is -0.499. The molecule has 0 aromatic rings. The lowest BCUT2D eigenvalue weighted by Crippen LogP contribution is -2.56. The van der Waals surface area contributed by atoms with E-state index in [-0.39, 0.29) is 12.1 Å². The van der Waals surface area contributed by atoms with Crippen LogP contribution in [0.4, 0.5) is 4.79 Å². The highest BCUT2D eigenvalue weighted by molar-refractivity contribution is 5.68. The molecule has 106 valence electrons. The second-order valence-corrected chi connectivity index (χ2v) is 6.03. The summed E-state index contributed by atoms with van der Waals surface area (Å²) in [6.45, 7) is 11.7. The van der Waals surface area contributed by atoms with Crippen LogP contribution in [0.25, 0.3) is 0 Å². The fourth-order valence-electron chi connectivity index (χ4n) is 1.84. The van der Waals surface area contributed by atoms with Gasteiger partial charge in [-0.2, -0.15) is 0 Å². The maximum Gasteiger partial charge on any atom is 0.408 e. The molecule has 1 aliphatic heterocycles. The number of carbonyl (C=O) groups excluding carboxylic acids is 1. The molecule has 0 bridgehead atoms. The zero-order chi connectivity index (χ0) is 14.0. The van der Waals surface area contributed by atoms with E-state index in [0.29, 0.717) is 6.61 Å². The molecule has 5 heteroatoms. The fraction of sp³-hybridized carbons (Fsp3) is 0.923. The van der Waals surface area contributed by atoms with E-state index in [1.54, 1.807) is 0 Å². The molecule has 0 saturated carbocycles. The Morgan fingerprint density at radius 1 is 1.44 bits per heavy atom. The first kappa shape index (κ1) is 15.2. The Morgan fingerprint density at radius 2 is 2.06 bits per heavy atom. The van der Waals surface area contributed by atoms with Crippen molar-refractivity contribution in [2.45, 2.75) is 71.5 Å². The molecule has 1 saturated heterocycles. The topological polar surface area (TPSA) is 56.8 Å². The lowest BCUT2D eigenvalue weighted by atomic mass is 10.1. The van der Waals surface area contributed by atoms with Crippen molar-refractivity contribution in [3.8, 4) is 0 Å². The van der Waals surface area contributed by atoms with Gasteiger partial charge in [0.1, 0.15) is 5.60 Å². The second-order valence-electron chi connectivity index (χ2n) is 6.03. The van der Waals surface area contributed by atoms with Gasteiger partial charge in [-0.05, 0) is 41.0 Å². The Labute approximate surface area is 109 Å². The van der Waals surface area contributed by atoms with Crippen molar-refractivity contribution in [2.75, 3.05) is 6.61 Å². The molecule has 0 radical (unpaired) electrons. The van der Waals surface area contributed by atoms with Crippen LogP contribution in [0.15, 0.2) is 0 Å². The largest absolute Gasteiger partial charge is 0.444 e. The Bertz CT molecular complexity index is 296. The number of ether oxygens (including phenoxy) is 3. The Kier molecular flexibility index (Phi) is 4.61. The molecule has 0 aliphatic carbocycles. The molecule has 1 heterocycles. The normalized spacial score (nSPS) is 27.7. The number of hydrogen-bond donors (Lipinski definition) is 1. The summed E-state index contributed by atoms with van der Waals surface area (Å²) in [6.07, 6.45) is 0.326. The van der Waals surface area contributed by atoms with Crippen molar-refractivity contribution in [1.82, 2.24) is 5.32 Å². The van der Waals surface area contributed by atoms with Crippen molar-refractivity contribution >= 4 is 6.09 Å². The Hall–Kier alpha value is -0.810. The van der Waals surface area contributed by atoms with Gasteiger partial charge < -0.3 is 19.5 Å². The van der Waals surface area contributed by atoms with Crippen LogP contribution in [0.2, 0.25) is 0 Å². The van der Waals surface area contributed by atoms with Crippen molar-refractivity contribution in [2.24, 2.45) is 0 Å². The predicted molar refractivity (Wildman–Crippen MR) is 68.4 cm³/mol. The van der Waals surface area contributed by atoms with Crippen LogP contribution in [0.3, 0.4) is 0 Å². The maximum atomic E-state index is 11.7. The lowest BCUT2D eigenvalue weighted by Gasteiger charge is -2.41. The van der Waals surface area contributed by atoms with Crippen molar-refractivity contribution in [3.63, 3.8) is 0 Å². The van der Waals surface area contributed by atoms with Crippen LogP contribution < -0.4 is 5.32 Å². The standard InChI is InChI=1S/C13H25NO4/c1-7-10-9(8-16-13(5,6)17-10)14-11(15)18-12(2,3)4/h9-10H,7-8H2,1-6H3,(H,14,15). The van der Waals surface area contributed by atoms with Gasteiger partial charge in [0.2, 0.25) is 0 Å². The van der Waals surface area contributed by atoms with Gasteiger partial charge in [-0.3, -0.25) is 0 Å². The van der Waals surface area contributed by atoms with Crippen LogP contribution in [0.5, 0.6) is 0 Å². The molecule has 2 atom stereocenters. The molecule has 5 nitrogen and oxygen atoms in total. The summed E-state index contributed by atoms with van der Waals surface area (Å²) in [4.78, 5) is 11.7. The molecule has 1 aliphatic rings. The summed E-state index contributed by atoms with van der Waals surface area (Å²) in [7, 11) is 0. The number of alkyl carbamates (subject to hydrolysis) is 1. The minimum Gasteiger partial charge on any atom is -0.444 e. The summed E-state index contributed by atoms with van der Waals surface area (Å²) in [5, 5.41) is 2.80. The van der Waals surface area contributed by atoms with Gasteiger partial charge in [0.15, 0.2) is 5.79 Å². The van der Waals surface area contributed by atoms with Crippen LogP contribution in [-0.2, 0) is 14.2 Å². The van der Waals surface area contributed by atoms with Gasteiger partial charge in [0.25, 0.3) is 0 Å². The fourth-order valence-corrected chi connectivity index (χ4v) is 1.84. The van der Waals surface area contributed by atoms with Crippen LogP contribution in [-0.4, -0.2) is 36.2 Å². The molecule has 1 rings (SSSR count). The molecular weight excluding hydrogens is 234 g/mol. The summed E-state index contributed by atoms with van der Waals surface area (Å²) in [5.74, 6) is -0.590. The molecular formula is C13H25NO4. The second kappa shape index (κ2) is 5.45. The van der Waals surface area contributed by atoms with Crippen LogP contribution in [0.1, 0.15) is 48.0 Å². The maximum absolute atomic E-state index is 11.7. The number of amides is 1. The molecule has 0 spiro atoms. The number of nitrogens with one attached hydrogen (secondary N) is 1. The molecule has 1 fully saturated rings. The molecule has 2 unspecified atom stereocenters. The highest BCUT2D eigenvalue weighted by atomic mass is 16.7. The number of rotatable bonds is 2. The first-order valence-electron chi connectivity index (χ1n) is 6.44. The van der Waals surface area contributed by atoms with E-state index in [4.69, 9.17) is 14.2 Å². The van der Waals surface area contributed by atoms with Crippen molar-refractivity contribution < 1.29 is 19.0 Å². The monoisotopic (exact) mass is 259 g/mol. The number of hydrogen-bond acceptors (Lipinski definition) is 4. The van der Waals surface area contributed by atoms with Gasteiger partial charge >= 0.3 is 6.09 Å². The SMILES string of the molecule is CCC1OC(C)(C)OCC1NC(=O)OC(C)(C)C. The predicted octanol–water partition coefficient (Wildman–Crippen LogP) is 2.44. The molecule has 1 amide bonds. The third kappa shape index (κ3) is 4.82. The average molecular weight is 259 g/mol. The van der Waals surface area contributed by atoms with Crippen LogP contribution in [0, 0.1) is 0 Å². The summed E-state index contributed by atoms with van der Waals surface area (Å²) < 4.78 is 16.5. The quantitative estimate of drug-likeness (QED) is 0.827. The third-order valence-corrected chi connectivity index (χ3v) is 2.60. The highest BCUT2D eigenvalue weighted by Crippen LogP contribution is 2.24. The van der Waals surface area contributed by atoms with Gasteiger partial charge in [-0.1, -0.05) is 6.92 Å². The number of carbonyl (C=O) groups is 1. The van der Waals surface area contributed by atoms with E-state index in [1.807, 2.05) is 41.5 Å². The van der Waals surface area contributed by atoms with E-state index >= 15 is 0 Å². The molecule has 0 aromatic carbocycles. The van der Waals surface area contributed by atoms with E-state index in [0.717, 1.165) is 6.42 Å². The van der Waals surface area contributed by atoms with Gasteiger partial charge in [-0.15, -0.1) is 0 Å².